The molecule has 0 unspecified atom stereocenters. The van der Waals surface area contributed by atoms with Crippen molar-refractivity contribution in [2.24, 2.45) is 5.73 Å². The summed E-state index contributed by atoms with van der Waals surface area (Å²) in [6, 6.07) is 13.7. The van der Waals surface area contributed by atoms with Gasteiger partial charge in [0, 0.05) is 17.3 Å². The first-order valence-electron chi connectivity index (χ1n) is 7.14. The molecule has 0 spiro atoms. The number of hydrogen-bond acceptors (Lipinski definition) is 3. The Morgan fingerprint density at radius 3 is 2.20 bits per heavy atom. The van der Waals surface area contributed by atoms with Crippen molar-refractivity contribution < 1.29 is 22.7 Å². The maximum atomic E-state index is 12.2. The minimum absolute atomic E-state index is 0.300. The smallest absolute Gasteiger partial charge is 0.406 e. The molecule has 0 aliphatic carbocycles. The Balaban J connectivity index is 1.80. The van der Waals surface area contributed by atoms with Crippen LogP contribution >= 0.6 is 0 Å². The lowest BCUT2D eigenvalue weighted by Crippen LogP contribution is -2.17. The normalized spacial score (nSPS) is 11.3. The molecule has 0 radical (unpaired) electrons. The zero-order valence-electron chi connectivity index (χ0n) is 12.7. The summed E-state index contributed by atoms with van der Waals surface area (Å²) in [6.07, 6.45) is -3.05. The molecule has 25 heavy (non-hydrogen) atoms. The van der Waals surface area contributed by atoms with Crippen molar-refractivity contribution >= 4 is 5.91 Å². The first-order chi connectivity index (χ1) is 11.8. The minimum Gasteiger partial charge on any atom is -0.406 e. The maximum Gasteiger partial charge on any atom is 0.573 e. The number of carbonyl (C=O) groups excluding carboxylic acids is 1. The molecule has 3 aromatic rings. The van der Waals surface area contributed by atoms with Crippen LogP contribution in [0.25, 0.3) is 16.9 Å². The zero-order chi connectivity index (χ0) is 18.0. The molecule has 0 fully saturated rings. The average molecular weight is 347 g/mol. The van der Waals surface area contributed by atoms with Gasteiger partial charge in [0.15, 0.2) is 0 Å². The number of halogens is 3. The molecule has 0 saturated heterocycles. The highest BCUT2D eigenvalue weighted by molar-refractivity contribution is 5.93. The van der Waals surface area contributed by atoms with E-state index in [0.717, 1.165) is 5.56 Å². The number of nitrogens with two attached hydrogens (primary N) is 1. The van der Waals surface area contributed by atoms with E-state index in [2.05, 4.69) is 9.84 Å². The fraction of sp³-hybridized carbons (Fsp3) is 0.0588. The van der Waals surface area contributed by atoms with Crippen LogP contribution in [-0.4, -0.2) is 22.1 Å². The Morgan fingerprint density at radius 2 is 1.64 bits per heavy atom. The molecule has 2 N–H and O–H groups in total. The van der Waals surface area contributed by atoms with Gasteiger partial charge in [-0.15, -0.1) is 13.2 Å². The second-order valence-electron chi connectivity index (χ2n) is 5.13. The number of alkyl halides is 3. The molecule has 3 rings (SSSR count). The summed E-state index contributed by atoms with van der Waals surface area (Å²) in [7, 11) is 0. The van der Waals surface area contributed by atoms with Crippen molar-refractivity contribution in [3.05, 3.63) is 66.4 Å². The van der Waals surface area contributed by atoms with Gasteiger partial charge in [-0.1, -0.05) is 12.1 Å². The molecule has 2 aromatic carbocycles. The molecule has 0 aliphatic heterocycles. The third kappa shape index (κ3) is 3.97. The van der Waals surface area contributed by atoms with Crippen LogP contribution in [0.15, 0.2) is 60.8 Å². The van der Waals surface area contributed by atoms with E-state index in [0.29, 0.717) is 16.9 Å². The van der Waals surface area contributed by atoms with E-state index in [-0.39, 0.29) is 5.75 Å². The van der Waals surface area contributed by atoms with E-state index in [4.69, 9.17) is 5.73 Å². The van der Waals surface area contributed by atoms with Gasteiger partial charge in [0.2, 0.25) is 5.91 Å². The molecule has 0 bridgehead atoms. The Labute approximate surface area is 140 Å². The molecule has 1 amide bonds. The second kappa shape index (κ2) is 6.31. The summed E-state index contributed by atoms with van der Waals surface area (Å²) in [6.45, 7) is 0. The highest BCUT2D eigenvalue weighted by atomic mass is 19.4. The van der Waals surface area contributed by atoms with E-state index in [1.54, 1.807) is 36.5 Å². The van der Waals surface area contributed by atoms with Gasteiger partial charge in [0.25, 0.3) is 0 Å². The van der Waals surface area contributed by atoms with Crippen molar-refractivity contribution in [3.8, 4) is 22.7 Å². The topological polar surface area (TPSA) is 70.1 Å². The van der Waals surface area contributed by atoms with Crippen molar-refractivity contribution in [3.63, 3.8) is 0 Å². The quantitative estimate of drug-likeness (QED) is 0.785. The maximum absolute atomic E-state index is 12.2. The predicted molar refractivity (Wildman–Crippen MR) is 84.2 cm³/mol. The van der Waals surface area contributed by atoms with E-state index >= 15 is 0 Å². The van der Waals surface area contributed by atoms with E-state index in [1.807, 2.05) is 0 Å². The lowest BCUT2D eigenvalue weighted by molar-refractivity contribution is -0.274. The van der Waals surface area contributed by atoms with Crippen LogP contribution in [0.5, 0.6) is 5.75 Å². The van der Waals surface area contributed by atoms with Crippen molar-refractivity contribution in [2.75, 3.05) is 0 Å². The van der Waals surface area contributed by atoms with Gasteiger partial charge in [-0.2, -0.15) is 5.10 Å². The van der Waals surface area contributed by atoms with Crippen LogP contribution in [0.4, 0.5) is 13.2 Å². The molecular weight excluding hydrogens is 335 g/mol. The summed E-state index contributed by atoms with van der Waals surface area (Å²) in [4.78, 5) is 11.1. The number of benzene rings is 2. The third-order valence-corrected chi connectivity index (χ3v) is 3.39. The van der Waals surface area contributed by atoms with Crippen molar-refractivity contribution in [1.82, 2.24) is 9.78 Å². The predicted octanol–water partition coefficient (Wildman–Crippen LogP) is 3.54. The van der Waals surface area contributed by atoms with Crippen LogP contribution in [0.2, 0.25) is 0 Å². The van der Waals surface area contributed by atoms with Crippen molar-refractivity contribution in [1.29, 1.82) is 0 Å². The standard InChI is InChI=1S/C17H12F3N3O2/c18-17(19,20)25-14-7-5-13(6-8-14)23-10-9-15(22-23)11-1-3-12(4-2-11)16(21)24/h1-10H,(H2,21,24). The monoisotopic (exact) mass is 347 g/mol. The van der Waals surface area contributed by atoms with Crippen molar-refractivity contribution in [2.45, 2.75) is 6.36 Å². The Morgan fingerprint density at radius 1 is 1.00 bits per heavy atom. The molecule has 8 heteroatoms. The number of aromatic nitrogens is 2. The highest BCUT2D eigenvalue weighted by Gasteiger charge is 2.30. The Kier molecular flexibility index (Phi) is 4.18. The molecule has 5 nitrogen and oxygen atoms in total. The number of ether oxygens (including phenoxy) is 1. The van der Waals surface area contributed by atoms with Crippen LogP contribution in [0.3, 0.4) is 0 Å². The first kappa shape index (κ1) is 16.6. The second-order valence-corrected chi connectivity index (χ2v) is 5.13. The summed E-state index contributed by atoms with van der Waals surface area (Å²) in [5.74, 6) is -0.816. The van der Waals surface area contributed by atoms with Gasteiger partial charge in [0.1, 0.15) is 5.75 Å². The fourth-order valence-corrected chi connectivity index (χ4v) is 2.23. The molecule has 0 atom stereocenters. The first-order valence-corrected chi connectivity index (χ1v) is 7.14. The average Bonchev–Trinajstić information content (AvgIpc) is 3.04. The van der Waals surface area contributed by atoms with E-state index in [9.17, 15) is 18.0 Å². The van der Waals surface area contributed by atoms with Gasteiger partial charge in [-0.05, 0) is 42.5 Å². The SMILES string of the molecule is NC(=O)c1ccc(-c2ccn(-c3ccc(OC(F)(F)F)cc3)n2)cc1. The lowest BCUT2D eigenvalue weighted by atomic mass is 10.1. The lowest BCUT2D eigenvalue weighted by Gasteiger charge is -2.09. The summed E-state index contributed by atoms with van der Waals surface area (Å²) < 4.78 is 41.8. The highest BCUT2D eigenvalue weighted by Crippen LogP contribution is 2.24. The molecule has 0 aliphatic rings. The molecule has 1 heterocycles. The summed E-state index contributed by atoms with van der Waals surface area (Å²) >= 11 is 0. The number of rotatable bonds is 4. The van der Waals surface area contributed by atoms with E-state index in [1.165, 1.54) is 28.9 Å². The molecule has 1 aromatic heterocycles. The number of carbonyl (C=O) groups is 1. The van der Waals surface area contributed by atoms with E-state index < -0.39 is 12.3 Å². The van der Waals surface area contributed by atoms with Gasteiger partial charge in [0.05, 0.1) is 11.4 Å². The number of hydrogen-bond donors (Lipinski definition) is 1. The number of primary amides is 1. The Hall–Kier alpha value is -3.29. The number of amides is 1. The zero-order valence-corrected chi connectivity index (χ0v) is 12.7. The van der Waals surface area contributed by atoms with Crippen LogP contribution in [0.1, 0.15) is 10.4 Å². The fourth-order valence-electron chi connectivity index (χ4n) is 2.23. The van der Waals surface area contributed by atoms with Crippen LogP contribution < -0.4 is 10.5 Å². The van der Waals surface area contributed by atoms with Gasteiger partial charge in [-0.25, -0.2) is 4.68 Å². The van der Waals surface area contributed by atoms with Crippen LogP contribution in [-0.2, 0) is 0 Å². The molecule has 128 valence electrons. The third-order valence-electron chi connectivity index (χ3n) is 3.39. The number of nitrogens with zero attached hydrogens (tertiary/aromatic N) is 2. The van der Waals surface area contributed by atoms with Gasteiger partial charge >= 0.3 is 6.36 Å². The summed E-state index contributed by atoms with van der Waals surface area (Å²) in [5.41, 5.74) is 7.59. The Bertz CT molecular complexity index is 885. The summed E-state index contributed by atoms with van der Waals surface area (Å²) in [5, 5.41) is 4.37. The molecule has 0 saturated carbocycles. The van der Waals surface area contributed by atoms with Gasteiger partial charge < -0.3 is 10.5 Å². The largest absolute Gasteiger partial charge is 0.573 e. The minimum atomic E-state index is -4.72. The van der Waals surface area contributed by atoms with Crippen LogP contribution in [0, 0.1) is 0 Å². The van der Waals surface area contributed by atoms with Gasteiger partial charge in [-0.3, -0.25) is 4.79 Å². The molecular formula is C17H12F3N3O2.